The fourth-order valence-corrected chi connectivity index (χ4v) is 1.25. The van der Waals surface area contributed by atoms with Gasteiger partial charge in [-0.1, -0.05) is 0 Å². The zero-order valence-electron chi connectivity index (χ0n) is 11.2. The van der Waals surface area contributed by atoms with Gasteiger partial charge in [0.25, 0.3) is 0 Å². The van der Waals surface area contributed by atoms with Crippen molar-refractivity contribution in [2.24, 2.45) is 0 Å². The van der Waals surface area contributed by atoms with Gasteiger partial charge in [0.05, 0.1) is 6.10 Å². The highest BCUT2D eigenvalue weighted by molar-refractivity contribution is 4.82. The van der Waals surface area contributed by atoms with Gasteiger partial charge < -0.3 is 19.9 Å². The number of ether oxygens (including phenoxy) is 2. The minimum atomic E-state index is -0.384. The van der Waals surface area contributed by atoms with Gasteiger partial charge in [-0.2, -0.15) is 0 Å². The Kier molecular flexibility index (Phi) is 7.93. The van der Waals surface area contributed by atoms with Gasteiger partial charge in [-0.3, -0.25) is 0 Å². The molecule has 1 atom stereocenters. The number of rotatable bonds is 9. The van der Waals surface area contributed by atoms with E-state index in [0.29, 0.717) is 13.2 Å². The molecule has 0 aromatic heterocycles. The van der Waals surface area contributed by atoms with Crippen LogP contribution >= 0.6 is 0 Å². The van der Waals surface area contributed by atoms with Crippen LogP contribution in [0.5, 0.6) is 0 Å². The van der Waals surface area contributed by atoms with Gasteiger partial charge in [0, 0.05) is 31.7 Å². The molecule has 0 heterocycles. The van der Waals surface area contributed by atoms with E-state index in [1.807, 2.05) is 27.7 Å². The molecule has 0 aliphatic heterocycles. The summed E-state index contributed by atoms with van der Waals surface area (Å²) in [6, 6.07) is 0. The Balaban J connectivity index is 3.84. The van der Waals surface area contributed by atoms with E-state index in [2.05, 4.69) is 5.32 Å². The van der Waals surface area contributed by atoms with Crippen molar-refractivity contribution in [2.45, 2.75) is 59.0 Å². The summed E-state index contributed by atoms with van der Waals surface area (Å²) >= 11 is 0. The van der Waals surface area contributed by atoms with Gasteiger partial charge in [0.15, 0.2) is 6.29 Å². The van der Waals surface area contributed by atoms with Crippen LogP contribution in [0.4, 0.5) is 0 Å². The fraction of sp³-hybridized carbons (Fsp3) is 1.00. The zero-order valence-corrected chi connectivity index (χ0v) is 11.2. The normalized spacial score (nSPS) is 14.4. The van der Waals surface area contributed by atoms with Crippen molar-refractivity contribution in [2.75, 3.05) is 19.8 Å². The number of aliphatic hydroxyl groups is 1. The van der Waals surface area contributed by atoms with Crippen LogP contribution in [-0.4, -0.2) is 42.8 Å². The van der Waals surface area contributed by atoms with Crippen LogP contribution < -0.4 is 5.32 Å². The van der Waals surface area contributed by atoms with Crippen LogP contribution in [0.25, 0.3) is 0 Å². The molecular formula is C12H27NO3. The highest BCUT2D eigenvalue weighted by atomic mass is 16.7. The van der Waals surface area contributed by atoms with Crippen LogP contribution in [0.2, 0.25) is 0 Å². The SMILES string of the molecule is CCOC(CCNC(C)(C)C(C)O)OCC. The second-order valence-electron chi connectivity index (χ2n) is 4.45. The molecule has 2 N–H and O–H groups in total. The lowest BCUT2D eigenvalue weighted by atomic mass is 9.99. The van der Waals surface area contributed by atoms with Crippen LogP contribution in [0, 0.1) is 0 Å². The summed E-state index contributed by atoms with van der Waals surface area (Å²) in [6.07, 6.45) is 0.259. The summed E-state index contributed by atoms with van der Waals surface area (Å²) in [4.78, 5) is 0. The summed E-state index contributed by atoms with van der Waals surface area (Å²) in [5.74, 6) is 0. The first-order valence-electron chi connectivity index (χ1n) is 6.10. The lowest BCUT2D eigenvalue weighted by Gasteiger charge is -2.30. The molecule has 16 heavy (non-hydrogen) atoms. The third-order valence-electron chi connectivity index (χ3n) is 2.71. The standard InChI is InChI=1S/C12H27NO3/c1-6-15-11(16-7-2)8-9-13-12(4,5)10(3)14/h10-11,13-14H,6-9H2,1-5H3. The Bertz CT molecular complexity index is 166. The van der Waals surface area contributed by atoms with Crippen molar-refractivity contribution in [3.05, 3.63) is 0 Å². The average Bonchev–Trinajstić information content (AvgIpc) is 2.17. The maximum Gasteiger partial charge on any atom is 0.158 e. The van der Waals surface area contributed by atoms with E-state index in [0.717, 1.165) is 13.0 Å². The average molecular weight is 233 g/mol. The molecule has 0 aromatic rings. The molecule has 0 saturated carbocycles. The Morgan fingerprint density at radius 3 is 2.06 bits per heavy atom. The van der Waals surface area contributed by atoms with Crippen molar-refractivity contribution in [1.29, 1.82) is 0 Å². The predicted octanol–water partition coefficient (Wildman–Crippen LogP) is 1.52. The first-order valence-corrected chi connectivity index (χ1v) is 6.10. The Labute approximate surface area is 99.3 Å². The van der Waals surface area contributed by atoms with Gasteiger partial charge >= 0.3 is 0 Å². The van der Waals surface area contributed by atoms with E-state index >= 15 is 0 Å². The van der Waals surface area contributed by atoms with Crippen molar-refractivity contribution >= 4 is 0 Å². The predicted molar refractivity (Wildman–Crippen MR) is 65.4 cm³/mol. The van der Waals surface area contributed by atoms with Crippen LogP contribution in [0.15, 0.2) is 0 Å². The molecule has 0 radical (unpaired) electrons. The van der Waals surface area contributed by atoms with E-state index in [9.17, 15) is 5.11 Å². The second kappa shape index (κ2) is 8.01. The first-order chi connectivity index (χ1) is 7.44. The van der Waals surface area contributed by atoms with Gasteiger partial charge in [0.2, 0.25) is 0 Å². The van der Waals surface area contributed by atoms with Gasteiger partial charge in [-0.05, 0) is 34.6 Å². The molecule has 0 aliphatic rings. The summed E-state index contributed by atoms with van der Waals surface area (Å²) < 4.78 is 10.9. The molecular weight excluding hydrogens is 206 g/mol. The van der Waals surface area contributed by atoms with E-state index < -0.39 is 0 Å². The van der Waals surface area contributed by atoms with Crippen LogP contribution in [0.3, 0.4) is 0 Å². The molecule has 98 valence electrons. The molecule has 0 fully saturated rings. The molecule has 0 spiro atoms. The second-order valence-corrected chi connectivity index (χ2v) is 4.45. The van der Waals surface area contributed by atoms with Gasteiger partial charge in [-0.15, -0.1) is 0 Å². The van der Waals surface area contributed by atoms with Crippen LogP contribution in [-0.2, 0) is 9.47 Å². The topological polar surface area (TPSA) is 50.7 Å². The summed E-state index contributed by atoms with van der Waals surface area (Å²) in [5.41, 5.74) is -0.275. The Hall–Kier alpha value is -0.160. The molecule has 4 nitrogen and oxygen atoms in total. The molecule has 0 bridgehead atoms. The first kappa shape index (κ1) is 15.8. The van der Waals surface area contributed by atoms with Crippen molar-refractivity contribution in [1.82, 2.24) is 5.32 Å². The van der Waals surface area contributed by atoms with Crippen LogP contribution in [0.1, 0.15) is 41.0 Å². The number of aliphatic hydroxyl groups excluding tert-OH is 1. The molecule has 4 heteroatoms. The van der Waals surface area contributed by atoms with E-state index in [4.69, 9.17) is 9.47 Å². The molecule has 1 unspecified atom stereocenters. The summed E-state index contributed by atoms with van der Waals surface area (Å²) in [6.45, 7) is 11.7. The van der Waals surface area contributed by atoms with Crippen molar-refractivity contribution in [3.63, 3.8) is 0 Å². The quantitative estimate of drug-likeness (QED) is 0.593. The Morgan fingerprint density at radius 2 is 1.69 bits per heavy atom. The molecule has 0 rings (SSSR count). The largest absolute Gasteiger partial charge is 0.392 e. The molecule has 0 aromatic carbocycles. The molecule has 0 saturated heterocycles. The van der Waals surface area contributed by atoms with Crippen molar-refractivity contribution < 1.29 is 14.6 Å². The minimum Gasteiger partial charge on any atom is -0.392 e. The third kappa shape index (κ3) is 6.43. The minimum absolute atomic E-state index is 0.146. The lowest BCUT2D eigenvalue weighted by molar-refractivity contribution is -0.139. The highest BCUT2D eigenvalue weighted by Gasteiger charge is 2.23. The van der Waals surface area contributed by atoms with E-state index in [-0.39, 0.29) is 17.9 Å². The monoisotopic (exact) mass is 233 g/mol. The molecule has 0 aliphatic carbocycles. The summed E-state index contributed by atoms with van der Waals surface area (Å²) in [5, 5.41) is 12.8. The number of hydrogen-bond donors (Lipinski definition) is 2. The number of nitrogens with one attached hydrogen (secondary N) is 1. The van der Waals surface area contributed by atoms with Gasteiger partial charge in [0.1, 0.15) is 0 Å². The smallest absolute Gasteiger partial charge is 0.158 e. The maximum atomic E-state index is 9.53. The van der Waals surface area contributed by atoms with Gasteiger partial charge in [-0.25, -0.2) is 0 Å². The zero-order chi connectivity index (χ0) is 12.6. The van der Waals surface area contributed by atoms with Crippen molar-refractivity contribution in [3.8, 4) is 0 Å². The van der Waals surface area contributed by atoms with E-state index in [1.54, 1.807) is 6.92 Å². The maximum absolute atomic E-state index is 9.53. The third-order valence-corrected chi connectivity index (χ3v) is 2.71. The number of hydrogen-bond acceptors (Lipinski definition) is 4. The lowest BCUT2D eigenvalue weighted by Crippen LogP contribution is -2.49. The molecule has 0 amide bonds. The highest BCUT2D eigenvalue weighted by Crippen LogP contribution is 2.09. The Morgan fingerprint density at radius 1 is 1.19 bits per heavy atom. The summed E-state index contributed by atoms with van der Waals surface area (Å²) in [7, 11) is 0. The van der Waals surface area contributed by atoms with E-state index in [1.165, 1.54) is 0 Å². The fourth-order valence-electron chi connectivity index (χ4n) is 1.25.